The molecule has 0 saturated carbocycles. The molecule has 30 heavy (non-hydrogen) atoms. The zero-order valence-corrected chi connectivity index (χ0v) is 14.6. The maximum Gasteiger partial charge on any atom is 0.301 e. The van der Waals surface area contributed by atoms with Crippen molar-refractivity contribution in [2.45, 2.75) is 0 Å². The first-order valence-corrected chi connectivity index (χ1v) is 7.63. The maximum absolute atomic E-state index is 11.0. The summed E-state index contributed by atoms with van der Waals surface area (Å²) >= 11 is 0. The van der Waals surface area contributed by atoms with E-state index in [4.69, 9.17) is 0 Å². The largest absolute Gasteiger partial charge is 0.301 e. The van der Waals surface area contributed by atoms with Gasteiger partial charge in [-0.3, -0.25) is 51.3 Å². The molecule has 0 bridgehead atoms. The van der Waals surface area contributed by atoms with Crippen LogP contribution in [0.4, 0.5) is 34.1 Å². The number of hydrogen-bond donors (Lipinski definition) is 2. The number of hydrazone groups is 2. The standard InChI is InChI=1S/C14H10N8O8/c23-19(24)9-1-3-11(13(7-9)21(27)28)17-15-5-6-16-18-12-4-2-10(20(25)26)8-14(12)22(29)30/h1-8,17-18H/b15-5-,16-6+. The zero-order chi connectivity index (χ0) is 22.3. The third kappa shape index (κ3) is 5.25. The molecule has 0 saturated heterocycles. The molecule has 0 radical (unpaired) electrons. The van der Waals surface area contributed by atoms with Gasteiger partial charge in [-0.1, -0.05) is 0 Å². The molecule has 0 spiro atoms. The average Bonchev–Trinajstić information content (AvgIpc) is 2.70. The van der Waals surface area contributed by atoms with Gasteiger partial charge in [-0.25, -0.2) is 0 Å². The van der Waals surface area contributed by atoms with Crippen molar-refractivity contribution in [2.75, 3.05) is 10.9 Å². The summed E-state index contributed by atoms with van der Waals surface area (Å²) < 4.78 is 0. The molecular weight excluding hydrogens is 408 g/mol. The van der Waals surface area contributed by atoms with Crippen LogP contribution in [0.1, 0.15) is 0 Å². The monoisotopic (exact) mass is 418 g/mol. The van der Waals surface area contributed by atoms with Gasteiger partial charge in [0.05, 0.1) is 44.3 Å². The van der Waals surface area contributed by atoms with Crippen molar-refractivity contribution in [3.63, 3.8) is 0 Å². The Morgan fingerprint density at radius 2 is 1.00 bits per heavy atom. The molecule has 0 atom stereocenters. The molecule has 2 rings (SSSR count). The first-order chi connectivity index (χ1) is 14.2. The van der Waals surface area contributed by atoms with Crippen molar-refractivity contribution in [1.29, 1.82) is 0 Å². The number of hydrogen-bond acceptors (Lipinski definition) is 12. The number of benzene rings is 2. The van der Waals surface area contributed by atoms with Crippen molar-refractivity contribution < 1.29 is 19.7 Å². The van der Waals surface area contributed by atoms with Crippen LogP contribution in [0.25, 0.3) is 0 Å². The predicted octanol–water partition coefficient (Wildman–Crippen LogP) is 2.82. The predicted molar refractivity (Wildman–Crippen MR) is 104 cm³/mol. The van der Waals surface area contributed by atoms with E-state index in [0.717, 1.165) is 48.8 Å². The molecule has 0 heterocycles. The van der Waals surface area contributed by atoms with E-state index in [1.54, 1.807) is 0 Å². The van der Waals surface area contributed by atoms with E-state index >= 15 is 0 Å². The third-order valence-electron chi connectivity index (χ3n) is 3.36. The topological polar surface area (TPSA) is 221 Å². The highest BCUT2D eigenvalue weighted by molar-refractivity contribution is 6.16. The molecule has 0 aliphatic rings. The van der Waals surface area contributed by atoms with Crippen molar-refractivity contribution in [2.24, 2.45) is 10.2 Å². The molecule has 2 aromatic carbocycles. The quantitative estimate of drug-likeness (QED) is 0.344. The van der Waals surface area contributed by atoms with Gasteiger partial charge in [0.25, 0.3) is 11.4 Å². The summed E-state index contributed by atoms with van der Waals surface area (Å²) in [6.45, 7) is 0. The molecule has 0 unspecified atom stereocenters. The first-order valence-electron chi connectivity index (χ1n) is 7.63. The van der Waals surface area contributed by atoms with Gasteiger partial charge in [0.1, 0.15) is 11.4 Å². The summed E-state index contributed by atoms with van der Waals surface area (Å²) in [5.41, 5.74) is 2.32. The van der Waals surface area contributed by atoms with Crippen LogP contribution in [-0.2, 0) is 0 Å². The highest BCUT2D eigenvalue weighted by Gasteiger charge is 2.20. The average molecular weight is 418 g/mol. The molecule has 0 aromatic heterocycles. The number of nitrogens with zero attached hydrogens (tertiary/aromatic N) is 6. The molecule has 0 aliphatic heterocycles. The lowest BCUT2D eigenvalue weighted by atomic mass is 10.2. The van der Waals surface area contributed by atoms with Crippen LogP contribution in [0.5, 0.6) is 0 Å². The summed E-state index contributed by atoms with van der Waals surface area (Å²) in [6.07, 6.45) is 2.07. The van der Waals surface area contributed by atoms with E-state index in [1.165, 1.54) is 0 Å². The Morgan fingerprint density at radius 1 is 0.633 bits per heavy atom. The summed E-state index contributed by atoms with van der Waals surface area (Å²) in [5.74, 6) is 0. The number of anilines is 2. The fraction of sp³-hybridized carbons (Fsp3) is 0. The highest BCUT2D eigenvalue weighted by Crippen LogP contribution is 2.29. The second kappa shape index (κ2) is 9.26. The van der Waals surface area contributed by atoms with Gasteiger partial charge in [-0.05, 0) is 12.1 Å². The maximum atomic E-state index is 11.0. The van der Waals surface area contributed by atoms with Crippen molar-refractivity contribution in [3.8, 4) is 0 Å². The summed E-state index contributed by atoms with van der Waals surface area (Å²) in [4.78, 5) is 40.2. The molecule has 0 fully saturated rings. The first kappa shape index (κ1) is 21.3. The van der Waals surface area contributed by atoms with Crippen LogP contribution in [0.3, 0.4) is 0 Å². The van der Waals surface area contributed by atoms with Crippen LogP contribution in [-0.4, -0.2) is 32.1 Å². The van der Waals surface area contributed by atoms with E-state index in [2.05, 4.69) is 21.1 Å². The number of nitro benzene ring substituents is 4. The minimum Gasteiger partial charge on any atom is -0.272 e. The second-order valence-electron chi connectivity index (χ2n) is 5.21. The van der Waals surface area contributed by atoms with Crippen LogP contribution >= 0.6 is 0 Å². The van der Waals surface area contributed by atoms with Gasteiger partial charge in [0.2, 0.25) is 0 Å². The molecule has 2 aromatic rings. The van der Waals surface area contributed by atoms with Crippen LogP contribution in [0.15, 0.2) is 46.6 Å². The SMILES string of the molecule is O=[N+]([O-])c1ccc(N/N=C\C=N\Nc2ccc([N+](=O)[O-])cc2[N+](=O)[O-])c([N+](=O)[O-])c1. The number of nitrogens with one attached hydrogen (secondary N) is 2. The van der Waals surface area contributed by atoms with Crippen LogP contribution in [0.2, 0.25) is 0 Å². The van der Waals surface area contributed by atoms with Crippen molar-refractivity contribution in [1.82, 2.24) is 0 Å². The Balaban J connectivity index is 2.07. The lowest BCUT2D eigenvalue weighted by molar-refractivity contribution is -0.393. The summed E-state index contributed by atoms with van der Waals surface area (Å²) in [5, 5.41) is 50.6. The molecule has 2 N–H and O–H groups in total. The normalized spacial score (nSPS) is 10.8. The van der Waals surface area contributed by atoms with Crippen molar-refractivity contribution in [3.05, 3.63) is 76.9 Å². The van der Waals surface area contributed by atoms with E-state index in [0.29, 0.717) is 0 Å². The smallest absolute Gasteiger partial charge is 0.272 e. The Morgan fingerprint density at radius 3 is 1.30 bits per heavy atom. The van der Waals surface area contributed by atoms with E-state index in [-0.39, 0.29) is 11.4 Å². The Bertz CT molecular complexity index is 998. The highest BCUT2D eigenvalue weighted by atomic mass is 16.6. The molecular formula is C14H10N8O8. The lowest BCUT2D eigenvalue weighted by Gasteiger charge is -2.02. The van der Waals surface area contributed by atoms with E-state index in [9.17, 15) is 40.5 Å². The molecule has 16 heteroatoms. The van der Waals surface area contributed by atoms with Gasteiger partial charge < -0.3 is 0 Å². The fourth-order valence-electron chi connectivity index (χ4n) is 2.04. The Kier molecular flexibility index (Phi) is 6.57. The molecule has 154 valence electrons. The summed E-state index contributed by atoms with van der Waals surface area (Å²) in [7, 11) is 0. The Labute approximate surface area is 165 Å². The van der Waals surface area contributed by atoms with Gasteiger partial charge in [-0.15, -0.1) is 0 Å². The van der Waals surface area contributed by atoms with Gasteiger partial charge in [-0.2, -0.15) is 10.2 Å². The van der Waals surface area contributed by atoms with Crippen LogP contribution in [0, 0.1) is 40.5 Å². The number of rotatable bonds is 9. The van der Waals surface area contributed by atoms with Crippen LogP contribution < -0.4 is 10.9 Å². The van der Waals surface area contributed by atoms with E-state index in [1.807, 2.05) is 0 Å². The van der Waals surface area contributed by atoms with Gasteiger partial charge >= 0.3 is 11.4 Å². The minimum atomic E-state index is -0.825. The fourth-order valence-corrected chi connectivity index (χ4v) is 2.04. The summed E-state index contributed by atoms with van der Waals surface area (Å²) in [6, 6.07) is 5.83. The number of non-ortho nitro benzene ring substituents is 2. The molecule has 0 amide bonds. The zero-order valence-electron chi connectivity index (χ0n) is 14.6. The molecule has 16 nitrogen and oxygen atoms in total. The Hall–Kier alpha value is -5.02. The van der Waals surface area contributed by atoms with Gasteiger partial charge in [0.15, 0.2) is 0 Å². The minimum absolute atomic E-state index is 0.116. The van der Waals surface area contributed by atoms with Gasteiger partial charge in [0, 0.05) is 12.1 Å². The lowest BCUT2D eigenvalue weighted by Crippen LogP contribution is -2.00. The third-order valence-corrected chi connectivity index (χ3v) is 3.36. The second-order valence-corrected chi connectivity index (χ2v) is 5.21. The number of nitro groups is 4. The van der Waals surface area contributed by atoms with Crippen molar-refractivity contribution >= 4 is 46.6 Å². The molecule has 0 aliphatic carbocycles. The van der Waals surface area contributed by atoms with E-state index < -0.39 is 42.4 Å².